The van der Waals surface area contributed by atoms with Crippen LogP contribution in [0.1, 0.15) is 56.3 Å². The summed E-state index contributed by atoms with van der Waals surface area (Å²) >= 11 is 0. The number of ether oxygens (including phenoxy) is 2. The summed E-state index contributed by atoms with van der Waals surface area (Å²) in [4.78, 5) is 0. The zero-order chi connectivity index (χ0) is 14.8. The van der Waals surface area contributed by atoms with Crippen LogP contribution in [0.25, 0.3) is 0 Å². The Morgan fingerprint density at radius 3 is 2.30 bits per heavy atom. The molecule has 0 spiro atoms. The van der Waals surface area contributed by atoms with E-state index in [-0.39, 0.29) is 5.54 Å². The Morgan fingerprint density at radius 2 is 1.80 bits per heavy atom. The van der Waals surface area contributed by atoms with E-state index in [1.165, 1.54) is 20.5 Å². The Morgan fingerprint density at radius 1 is 1.15 bits per heavy atom. The average Bonchev–Trinajstić information content (AvgIpc) is 2.46. The van der Waals surface area contributed by atoms with E-state index in [0.29, 0.717) is 17.1 Å². The number of nitrogens with two attached hydrogens (primary N) is 1. The maximum absolute atomic E-state index is 13.9. The number of methoxy groups -OCH3 is 2. The number of benzene rings is 1. The molecular formula is C16H24FNO2. The fourth-order valence-corrected chi connectivity index (χ4v) is 3.05. The highest BCUT2D eigenvalue weighted by Crippen LogP contribution is 2.43. The fraction of sp³-hybridized carbons (Fsp3) is 0.625. The maximum Gasteiger partial charge on any atom is 0.166 e. The Kier molecular flexibility index (Phi) is 4.53. The molecule has 1 saturated carbocycles. The van der Waals surface area contributed by atoms with Gasteiger partial charge in [0.2, 0.25) is 0 Å². The van der Waals surface area contributed by atoms with Crippen molar-refractivity contribution < 1.29 is 13.9 Å². The fourth-order valence-electron chi connectivity index (χ4n) is 3.05. The lowest BCUT2D eigenvalue weighted by Gasteiger charge is -2.35. The van der Waals surface area contributed by atoms with Gasteiger partial charge in [-0.3, -0.25) is 0 Å². The van der Waals surface area contributed by atoms with Crippen LogP contribution < -0.4 is 15.2 Å². The number of hydrogen-bond acceptors (Lipinski definition) is 3. The Bertz CT molecular complexity index is 468. The van der Waals surface area contributed by atoms with Gasteiger partial charge in [0, 0.05) is 11.1 Å². The average molecular weight is 281 g/mol. The van der Waals surface area contributed by atoms with Crippen molar-refractivity contribution in [3.8, 4) is 11.5 Å². The highest BCUT2D eigenvalue weighted by Gasteiger charge is 2.31. The van der Waals surface area contributed by atoms with Crippen LogP contribution in [-0.4, -0.2) is 14.2 Å². The first-order chi connectivity index (χ1) is 9.51. The first kappa shape index (κ1) is 15.1. The van der Waals surface area contributed by atoms with Crippen LogP contribution in [0, 0.1) is 0 Å². The Labute approximate surface area is 120 Å². The van der Waals surface area contributed by atoms with E-state index in [1.54, 1.807) is 7.11 Å². The van der Waals surface area contributed by atoms with Gasteiger partial charge in [0.25, 0.3) is 0 Å². The van der Waals surface area contributed by atoms with E-state index in [9.17, 15) is 4.39 Å². The molecule has 0 amide bonds. The predicted molar refractivity (Wildman–Crippen MR) is 78.0 cm³/mol. The number of alkyl halides is 1. The number of hydrogen-bond donors (Lipinski definition) is 1. The van der Waals surface area contributed by atoms with Crippen LogP contribution in [0.2, 0.25) is 0 Å². The molecule has 1 fully saturated rings. The second-order valence-corrected chi connectivity index (χ2v) is 5.63. The van der Waals surface area contributed by atoms with Crippen LogP contribution in [0.4, 0.5) is 4.39 Å². The van der Waals surface area contributed by atoms with E-state index >= 15 is 0 Å². The van der Waals surface area contributed by atoms with E-state index in [4.69, 9.17) is 15.2 Å². The lowest BCUT2D eigenvalue weighted by atomic mass is 9.77. The lowest BCUT2D eigenvalue weighted by Crippen LogP contribution is -2.38. The van der Waals surface area contributed by atoms with Crippen LogP contribution in [0.5, 0.6) is 11.5 Å². The largest absolute Gasteiger partial charge is 0.493 e. The molecule has 0 aromatic heterocycles. The summed E-state index contributed by atoms with van der Waals surface area (Å²) < 4.78 is 24.5. The Balaban J connectivity index is 2.51. The molecule has 4 heteroatoms. The molecule has 2 rings (SSSR count). The van der Waals surface area contributed by atoms with Gasteiger partial charge in [-0.1, -0.05) is 19.3 Å². The highest BCUT2D eigenvalue weighted by atomic mass is 19.1. The van der Waals surface area contributed by atoms with Crippen LogP contribution in [0.15, 0.2) is 12.1 Å². The maximum atomic E-state index is 13.9. The minimum atomic E-state index is -1.12. The quantitative estimate of drug-likeness (QED) is 0.911. The minimum absolute atomic E-state index is 0.374. The molecule has 1 aromatic carbocycles. The second-order valence-electron chi connectivity index (χ2n) is 5.63. The smallest absolute Gasteiger partial charge is 0.166 e. The first-order valence-electron chi connectivity index (χ1n) is 7.21. The van der Waals surface area contributed by atoms with Crippen molar-refractivity contribution in [2.24, 2.45) is 5.73 Å². The summed E-state index contributed by atoms with van der Waals surface area (Å²) in [5.74, 6) is 1.02. The Hall–Kier alpha value is -1.29. The molecule has 1 aromatic rings. The zero-order valence-corrected chi connectivity index (χ0v) is 12.5. The van der Waals surface area contributed by atoms with Gasteiger partial charge in [0.15, 0.2) is 11.5 Å². The molecule has 1 aliphatic carbocycles. The normalized spacial score (nSPS) is 19.4. The van der Waals surface area contributed by atoms with Crippen LogP contribution >= 0.6 is 0 Å². The summed E-state index contributed by atoms with van der Waals surface area (Å²) in [5.41, 5.74) is 7.64. The molecule has 1 unspecified atom stereocenters. The summed E-state index contributed by atoms with van der Waals surface area (Å²) in [5, 5.41) is 0. The monoisotopic (exact) mass is 281 g/mol. The van der Waals surface area contributed by atoms with Crippen molar-refractivity contribution in [2.45, 2.75) is 50.7 Å². The van der Waals surface area contributed by atoms with Crippen molar-refractivity contribution >= 4 is 0 Å². The van der Waals surface area contributed by atoms with Gasteiger partial charge in [0.1, 0.15) is 6.17 Å². The molecular weight excluding hydrogens is 257 g/mol. The minimum Gasteiger partial charge on any atom is -0.493 e. The molecule has 3 nitrogen and oxygen atoms in total. The second kappa shape index (κ2) is 6.00. The molecule has 0 bridgehead atoms. The van der Waals surface area contributed by atoms with Gasteiger partial charge in [-0.2, -0.15) is 0 Å². The molecule has 0 aliphatic heterocycles. The first-order valence-corrected chi connectivity index (χ1v) is 7.21. The zero-order valence-electron chi connectivity index (χ0n) is 12.5. The lowest BCUT2D eigenvalue weighted by molar-refractivity contribution is 0.294. The molecule has 112 valence electrons. The van der Waals surface area contributed by atoms with Gasteiger partial charge in [-0.25, -0.2) is 4.39 Å². The molecule has 0 saturated heterocycles. The van der Waals surface area contributed by atoms with Crippen molar-refractivity contribution in [3.05, 3.63) is 23.3 Å². The van der Waals surface area contributed by atoms with Gasteiger partial charge in [-0.15, -0.1) is 0 Å². The third-order valence-corrected chi connectivity index (χ3v) is 4.26. The molecule has 0 radical (unpaired) electrons. The molecule has 1 atom stereocenters. The van der Waals surface area contributed by atoms with Crippen LogP contribution in [-0.2, 0) is 5.54 Å². The SMILES string of the molecule is COc1cc(C2(N)CCCCC2)cc(C(C)F)c1OC. The van der Waals surface area contributed by atoms with Gasteiger partial charge in [0.05, 0.1) is 14.2 Å². The van der Waals surface area contributed by atoms with Gasteiger partial charge >= 0.3 is 0 Å². The number of halogens is 1. The van der Waals surface area contributed by atoms with E-state index < -0.39 is 6.17 Å². The van der Waals surface area contributed by atoms with Gasteiger partial charge in [-0.05, 0) is 37.5 Å². The van der Waals surface area contributed by atoms with E-state index in [1.807, 2.05) is 12.1 Å². The molecule has 0 heterocycles. The molecule has 20 heavy (non-hydrogen) atoms. The summed E-state index contributed by atoms with van der Waals surface area (Å²) in [6.07, 6.45) is 4.20. The third-order valence-electron chi connectivity index (χ3n) is 4.26. The van der Waals surface area contributed by atoms with Crippen molar-refractivity contribution in [2.75, 3.05) is 14.2 Å². The molecule has 1 aliphatic rings. The standard InChI is InChI=1S/C16H24FNO2/c1-11(17)13-9-12(10-14(19-2)15(13)20-3)16(18)7-5-4-6-8-16/h9-11H,4-8,18H2,1-3H3. The van der Waals surface area contributed by atoms with E-state index in [2.05, 4.69) is 0 Å². The van der Waals surface area contributed by atoms with Crippen molar-refractivity contribution in [3.63, 3.8) is 0 Å². The molecule has 2 N–H and O–H groups in total. The topological polar surface area (TPSA) is 44.5 Å². The highest BCUT2D eigenvalue weighted by molar-refractivity contribution is 5.52. The third kappa shape index (κ3) is 2.75. The van der Waals surface area contributed by atoms with Gasteiger partial charge < -0.3 is 15.2 Å². The van der Waals surface area contributed by atoms with Crippen LogP contribution in [0.3, 0.4) is 0 Å². The van der Waals surface area contributed by atoms with E-state index in [0.717, 1.165) is 31.2 Å². The van der Waals surface area contributed by atoms with Crippen molar-refractivity contribution in [1.82, 2.24) is 0 Å². The predicted octanol–water partition coefficient (Wildman–Crippen LogP) is 3.85. The summed E-state index contributed by atoms with van der Waals surface area (Å²) in [7, 11) is 3.10. The summed E-state index contributed by atoms with van der Waals surface area (Å²) in [6.45, 7) is 1.51. The number of rotatable bonds is 4. The van der Waals surface area contributed by atoms with Crippen molar-refractivity contribution in [1.29, 1.82) is 0 Å². The summed E-state index contributed by atoms with van der Waals surface area (Å²) in [6, 6.07) is 3.74.